The van der Waals surface area contributed by atoms with Gasteiger partial charge in [-0.1, -0.05) is 64.2 Å². The third-order valence-electron chi connectivity index (χ3n) is 15.5. The number of esters is 2. The molecule has 0 aromatic heterocycles. The summed E-state index contributed by atoms with van der Waals surface area (Å²) in [6.07, 6.45) is 10.1. The Labute approximate surface area is 426 Å². The van der Waals surface area contributed by atoms with E-state index in [1.165, 1.54) is 21.1 Å². The van der Waals surface area contributed by atoms with Crippen molar-refractivity contribution in [1.82, 2.24) is 4.90 Å². The Hall–Kier alpha value is -3.94. The minimum Gasteiger partial charge on any atom is -0.460 e. The first-order valence-electron chi connectivity index (χ1n) is 26.0. The van der Waals surface area contributed by atoms with Gasteiger partial charge >= 0.3 is 11.9 Å². The van der Waals surface area contributed by atoms with Crippen LogP contribution in [0.2, 0.25) is 0 Å². The van der Waals surface area contributed by atoms with E-state index in [2.05, 4.69) is 0 Å². The molecule has 3 fully saturated rings. The normalized spacial score (nSPS) is 36.2. The molecule has 3 aliphatic heterocycles. The fourth-order valence-corrected chi connectivity index (χ4v) is 10.4. The van der Waals surface area contributed by atoms with Gasteiger partial charge in [-0.25, -0.2) is 4.79 Å². The molecule has 2 saturated heterocycles. The van der Waals surface area contributed by atoms with Crippen LogP contribution in [0.4, 0.5) is 0 Å². The van der Waals surface area contributed by atoms with Crippen molar-refractivity contribution in [3.63, 3.8) is 0 Å². The van der Waals surface area contributed by atoms with Gasteiger partial charge in [0.25, 0.3) is 11.7 Å². The molecule has 0 spiro atoms. The molecular weight excluding hydrogens is 931 g/mol. The van der Waals surface area contributed by atoms with Crippen molar-refractivity contribution in [2.75, 3.05) is 41.1 Å². The molecule has 406 valence electrons. The average molecular weight is 1020 g/mol. The van der Waals surface area contributed by atoms with Gasteiger partial charge in [-0.15, -0.1) is 0 Å². The maximum atomic E-state index is 14.4. The van der Waals surface area contributed by atoms with Gasteiger partial charge in [-0.3, -0.25) is 24.0 Å². The predicted octanol–water partition coefficient (Wildman–Crippen LogP) is 5.48. The van der Waals surface area contributed by atoms with Crippen molar-refractivity contribution in [2.45, 2.75) is 186 Å². The molecule has 1 amide bonds. The Morgan fingerprint density at radius 1 is 0.833 bits per heavy atom. The van der Waals surface area contributed by atoms with E-state index >= 15 is 0 Å². The van der Waals surface area contributed by atoms with Gasteiger partial charge in [0.1, 0.15) is 41.7 Å². The van der Waals surface area contributed by atoms with E-state index in [0.29, 0.717) is 69.8 Å². The molecule has 14 atom stereocenters. The van der Waals surface area contributed by atoms with Gasteiger partial charge in [0.05, 0.1) is 31.5 Å². The van der Waals surface area contributed by atoms with Crippen molar-refractivity contribution in [2.24, 2.45) is 35.0 Å². The summed E-state index contributed by atoms with van der Waals surface area (Å²) in [7, 11) is 4.42. The number of rotatable bonds is 10. The van der Waals surface area contributed by atoms with E-state index in [-0.39, 0.29) is 49.2 Å². The van der Waals surface area contributed by atoms with Crippen LogP contribution < -0.4 is 0 Å². The molecular formula is C55H85NO16. The summed E-state index contributed by atoms with van der Waals surface area (Å²) >= 11 is 0. The van der Waals surface area contributed by atoms with E-state index in [1.807, 2.05) is 44.2 Å². The van der Waals surface area contributed by atoms with E-state index < -0.39 is 115 Å². The van der Waals surface area contributed by atoms with Crippen LogP contribution in [0.1, 0.15) is 132 Å². The number of aliphatic hydroxyl groups excluding tert-OH is 3. The third kappa shape index (κ3) is 15.8. The number of amides is 1. The summed E-state index contributed by atoms with van der Waals surface area (Å²) < 4.78 is 35.2. The summed E-state index contributed by atoms with van der Waals surface area (Å²) in [5.41, 5.74) is -0.269. The Bertz CT molecular complexity index is 1970. The lowest BCUT2D eigenvalue weighted by atomic mass is 9.81. The molecule has 17 heteroatoms. The number of aliphatic hydroxyl groups is 4. The van der Waals surface area contributed by atoms with Crippen LogP contribution in [0.15, 0.2) is 47.6 Å². The molecule has 0 aromatic carbocycles. The van der Waals surface area contributed by atoms with Crippen LogP contribution in [-0.2, 0) is 57.2 Å². The van der Waals surface area contributed by atoms with Crippen molar-refractivity contribution in [1.29, 1.82) is 0 Å². The quantitative estimate of drug-likeness (QED) is 0.120. The molecule has 4 aliphatic rings. The molecule has 4 N–H and O–H groups in total. The number of piperidine rings is 1. The number of methoxy groups -OCH3 is 3. The molecule has 72 heavy (non-hydrogen) atoms. The summed E-state index contributed by atoms with van der Waals surface area (Å²) in [5.74, 6) is -8.86. The lowest BCUT2D eigenvalue weighted by Gasteiger charge is -2.42. The first-order chi connectivity index (χ1) is 34.1. The maximum Gasteiger partial charge on any atom is 0.329 e. The van der Waals surface area contributed by atoms with E-state index in [9.17, 15) is 49.2 Å². The highest BCUT2D eigenvalue weighted by atomic mass is 16.6. The van der Waals surface area contributed by atoms with Gasteiger partial charge in [0.2, 0.25) is 5.79 Å². The van der Waals surface area contributed by atoms with Gasteiger partial charge in [0.15, 0.2) is 5.78 Å². The number of Topliss-reactive ketones (excluding diaryl/α,β-unsaturated/α-hetero) is 3. The third-order valence-corrected chi connectivity index (χ3v) is 15.5. The Morgan fingerprint density at radius 3 is 2.19 bits per heavy atom. The van der Waals surface area contributed by atoms with Crippen molar-refractivity contribution in [3.05, 3.63) is 47.6 Å². The zero-order valence-corrected chi connectivity index (χ0v) is 44.4. The number of carbonyl (C=O) groups is 6. The largest absolute Gasteiger partial charge is 0.460 e. The lowest BCUT2D eigenvalue weighted by Crippen LogP contribution is -2.60. The Balaban J connectivity index is 1.66. The van der Waals surface area contributed by atoms with Crippen LogP contribution >= 0.6 is 0 Å². The molecule has 0 aromatic rings. The predicted molar refractivity (Wildman–Crippen MR) is 267 cm³/mol. The van der Waals surface area contributed by atoms with E-state index in [0.717, 1.165) is 10.5 Å². The van der Waals surface area contributed by atoms with Crippen LogP contribution in [0.25, 0.3) is 0 Å². The smallest absolute Gasteiger partial charge is 0.329 e. The number of ketones is 3. The van der Waals surface area contributed by atoms with Crippen molar-refractivity contribution < 1.29 is 77.6 Å². The first kappa shape index (κ1) is 60.6. The first-order valence-corrected chi connectivity index (χ1v) is 26.0. The van der Waals surface area contributed by atoms with Gasteiger partial charge in [0, 0.05) is 58.5 Å². The monoisotopic (exact) mass is 1020 g/mol. The number of allylic oxidation sites excluding steroid dienone is 6. The zero-order chi connectivity index (χ0) is 53.5. The molecule has 1 aliphatic carbocycles. The van der Waals surface area contributed by atoms with E-state index in [1.54, 1.807) is 40.9 Å². The van der Waals surface area contributed by atoms with Crippen LogP contribution in [0.3, 0.4) is 0 Å². The molecule has 4 rings (SSSR count). The highest BCUT2D eigenvalue weighted by Gasteiger charge is 2.53. The van der Waals surface area contributed by atoms with Gasteiger partial charge < -0.3 is 53.7 Å². The molecule has 0 unspecified atom stereocenters. The molecule has 1 saturated carbocycles. The van der Waals surface area contributed by atoms with Crippen LogP contribution in [0.5, 0.6) is 0 Å². The Kier molecular flexibility index (Phi) is 23.7. The number of hydrogen-bond donors (Lipinski definition) is 4. The summed E-state index contributed by atoms with van der Waals surface area (Å²) in [4.78, 5) is 84.9. The number of cyclic esters (lactones) is 1. The number of carbonyl (C=O) groups excluding carboxylic acids is 6. The topological polar surface area (TPSA) is 242 Å². The molecule has 0 radical (unpaired) electrons. The second kappa shape index (κ2) is 28.1. The van der Waals surface area contributed by atoms with Crippen molar-refractivity contribution in [3.8, 4) is 0 Å². The SMILES string of the molecule is CO[C@H]1C[C@@H]2CC[C@@H](C)[C@@](O)(O2)C(=O)C(=O)N2CCCC[C@H]2C(=O)O[C@H](CC[C@@H]2CC[C@@H](OC(=O)C(C)(CO)CO)[C@H](OC)C2)CC(=O)[C@H](C)/C=C(\C)[C@@H](O)[C@@H](OC)C(=O)[C@H](C)C[C@H](C)/C=C/C=CC=C1C. The maximum absolute atomic E-state index is 14.4. The highest BCUT2D eigenvalue weighted by molar-refractivity contribution is 6.39. The lowest BCUT2D eigenvalue weighted by molar-refractivity contribution is -0.265. The minimum atomic E-state index is -2.46. The Morgan fingerprint density at radius 2 is 1.54 bits per heavy atom. The van der Waals surface area contributed by atoms with Crippen LogP contribution in [-0.4, -0.2) is 156 Å². The van der Waals surface area contributed by atoms with Crippen LogP contribution in [0, 0.1) is 35.0 Å². The number of ether oxygens (including phenoxy) is 6. The molecule has 2 bridgehead atoms. The van der Waals surface area contributed by atoms with Gasteiger partial charge in [-0.05, 0) is 114 Å². The number of fused-ring (bicyclic) bond motifs is 3. The number of nitrogens with zero attached hydrogens (tertiary/aromatic N) is 1. The standard InChI is InChI=1S/C55H85NO16/c1-33-16-12-11-13-17-34(2)45(67-8)30-41-22-19-38(6)55(66,72-41)50(62)51(63)56-25-15-14-18-42(56)52(64)70-40(29-43(59)35(3)27-37(5)48(61)49(69-10)47(60)36(4)26-33)23-20-39-21-24-44(46(28-39)68-9)71-53(65)54(7,31-57)32-58/h11-13,16-17,27,33,35-36,38-42,44-46,48-49,57-58,61,66H,14-15,18-26,28-32H2,1-10H3/b13-11?,16-12+,34-17?,37-27+/t33-,35-,36-,38-,39-,40-,41+,42+,44-,45+,46-,48-,49+,55-/m1/s1. The summed E-state index contributed by atoms with van der Waals surface area (Å²) in [5, 5.41) is 42.9. The second-order valence-electron chi connectivity index (χ2n) is 21.3. The number of hydrogen-bond acceptors (Lipinski definition) is 16. The molecule has 17 nitrogen and oxygen atoms in total. The van der Waals surface area contributed by atoms with E-state index in [4.69, 9.17) is 28.4 Å². The highest BCUT2D eigenvalue weighted by Crippen LogP contribution is 2.38. The van der Waals surface area contributed by atoms with Gasteiger partial charge in [-0.2, -0.15) is 0 Å². The fourth-order valence-electron chi connectivity index (χ4n) is 10.4. The van der Waals surface area contributed by atoms with Crippen molar-refractivity contribution >= 4 is 35.2 Å². The average Bonchev–Trinajstić information content (AvgIpc) is 3.37. The summed E-state index contributed by atoms with van der Waals surface area (Å²) in [6.45, 7) is 10.9. The fraction of sp³-hybridized carbons (Fsp3) is 0.745. The minimum absolute atomic E-state index is 0.00455. The summed E-state index contributed by atoms with van der Waals surface area (Å²) in [6, 6.07) is -1.19. The molecule has 3 heterocycles. The zero-order valence-electron chi connectivity index (χ0n) is 44.4. The second-order valence-corrected chi connectivity index (χ2v) is 21.3.